The molecule has 23 heavy (non-hydrogen) atoms. The molecule has 0 aromatic heterocycles. The first kappa shape index (κ1) is 16.8. The SMILES string of the molecule is CCC(=O)c1ccc(COc2ccc(C#N)cc2C(C)C)cc1. The Bertz CT molecular complexity index is 724. The van der Waals surface area contributed by atoms with Crippen LogP contribution in [-0.4, -0.2) is 5.78 Å². The number of rotatable bonds is 6. The van der Waals surface area contributed by atoms with Gasteiger partial charge in [0.15, 0.2) is 5.78 Å². The zero-order valence-corrected chi connectivity index (χ0v) is 13.8. The Morgan fingerprint density at radius 1 is 1.17 bits per heavy atom. The van der Waals surface area contributed by atoms with Crippen LogP contribution in [0, 0.1) is 11.3 Å². The van der Waals surface area contributed by atoms with Gasteiger partial charge in [-0.2, -0.15) is 5.26 Å². The van der Waals surface area contributed by atoms with Gasteiger partial charge in [0.25, 0.3) is 0 Å². The molecule has 118 valence electrons. The summed E-state index contributed by atoms with van der Waals surface area (Å²) in [6.45, 7) is 6.45. The molecule has 0 unspecified atom stereocenters. The summed E-state index contributed by atoms with van der Waals surface area (Å²) in [7, 11) is 0. The molecule has 0 saturated heterocycles. The molecule has 2 aromatic rings. The van der Waals surface area contributed by atoms with E-state index in [2.05, 4.69) is 19.9 Å². The van der Waals surface area contributed by atoms with Gasteiger partial charge in [0.05, 0.1) is 11.6 Å². The van der Waals surface area contributed by atoms with Gasteiger partial charge in [0, 0.05) is 12.0 Å². The Labute approximate surface area is 137 Å². The lowest BCUT2D eigenvalue weighted by Crippen LogP contribution is -2.01. The molecule has 0 spiro atoms. The number of benzene rings is 2. The van der Waals surface area contributed by atoms with Crippen molar-refractivity contribution in [1.82, 2.24) is 0 Å². The van der Waals surface area contributed by atoms with Crippen molar-refractivity contribution in [3.8, 4) is 11.8 Å². The maximum atomic E-state index is 11.6. The van der Waals surface area contributed by atoms with E-state index in [0.29, 0.717) is 18.6 Å². The summed E-state index contributed by atoms with van der Waals surface area (Å²) >= 11 is 0. The predicted octanol–water partition coefficient (Wildman–Crippen LogP) is 4.85. The zero-order valence-electron chi connectivity index (χ0n) is 13.8. The fourth-order valence-corrected chi connectivity index (χ4v) is 2.35. The van der Waals surface area contributed by atoms with Crippen LogP contribution in [0.25, 0.3) is 0 Å². The van der Waals surface area contributed by atoms with Crippen LogP contribution < -0.4 is 4.74 Å². The molecule has 0 atom stereocenters. The number of carbonyl (C=O) groups excluding carboxylic acids is 1. The van der Waals surface area contributed by atoms with Crippen LogP contribution >= 0.6 is 0 Å². The van der Waals surface area contributed by atoms with Gasteiger partial charge in [-0.3, -0.25) is 4.79 Å². The van der Waals surface area contributed by atoms with Crippen LogP contribution in [0.2, 0.25) is 0 Å². The average Bonchev–Trinajstić information content (AvgIpc) is 2.59. The topological polar surface area (TPSA) is 50.1 Å². The molecule has 0 heterocycles. The minimum atomic E-state index is 0.145. The predicted molar refractivity (Wildman–Crippen MR) is 90.6 cm³/mol. The first-order chi connectivity index (χ1) is 11.0. The fraction of sp³-hybridized carbons (Fsp3) is 0.300. The summed E-state index contributed by atoms with van der Waals surface area (Å²) in [6, 6.07) is 15.2. The Kier molecular flexibility index (Phi) is 5.54. The van der Waals surface area contributed by atoms with E-state index in [-0.39, 0.29) is 11.7 Å². The van der Waals surface area contributed by atoms with E-state index in [4.69, 9.17) is 10.00 Å². The standard InChI is InChI=1S/C20H21NO2/c1-4-19(22)17-8-5-15(6-9-17)13-23-20-10-7-16(12-21)11-18(20)14(2)3/h5-11,14H,4,13H2,1-3H3. The van der Waals surface area contributed by atoms with E-state index < -0.39 is 0 Å². The zero-order chi connectivity index (χ0) is 16.8. The molecule has 0 N–H and O–H groups in total. The number of ketones is 1. The second-order valence-electron chi connectivity index (χ2n) is 5.78. The minimum absolute atomic E-state index is 0.145. The second-order valence-corrected chi connectivity index (χ2v) is 5.78. The number of hydrogen-bond acceptors (Lipinski definition) is 3. The molecule has 0 aliphatic rings. The lowest BCUT2D eigenvalue weighted by atomic mass is 10.00. The normalized spacial score (nSPS) is 10.4. The van der Waals surface area contributed by atoms with E-state index in [1.54, 1.807) is 6.07 Å². The van der Waals surface area contributed by atoms with E-state index in [1.165, 1.54) is 0 Å². The molecule has 0 bridgehead atoms. The highest BCUT2D eigenvalue weighted by Crippen LogP contribution is 2.28. The van der Waals surface area contributed by atoms with Crippen LogP contribution in [0.15, 0.2) is 42.5 Å². The van der Waals surface area contributed by atoms with Crippen molar-refractivity contribution in [3.05, 3.63) is 64.7 Å². The number of nitriles is 1. The Morgan fingerprint density at radius 3 is 2.43 bits per heavy atom. The second kappa shape index (κ2) is 7.60. The molecular formula is C20H21NO2. The van der Waals surface area contributed by atoms with Crippen molar-refractivity contribution >= 4 is 5.78 Å². The third-order valence-electron chi connectivity index (χ3n) is 3.75. The third-order valence-corrected chi connectivity index (χ3v) is 3.75. The summed E-state index contributed by atoms with van der Waals surface area (Å²) in [5.74, 6) is 1.22. The first-order valence-electron chi connectivity index (χ1n) is 7.84. The monoisotopic (exact) mass is 307 g/mol. The quantitative estimate of drug-likeness (QED) is 0.716. The highest BCUT2D eigenvalue weighted by Gasteiger charge is 2.10. The lowest BCUT2D eigenvalue weighted by molar-refractivity contribution is 0.0988. The van der Waals surface area contributed by atoms with Crippen LogP contribution in [0.3, 0.4) is 0 Å². The Morgan fingerprint density at radius 2 is 1.87 bits per heavy atom. The smallest absolute Gasteiger partial charge is 0.162 e. The van der Waals surface area contributed by atoms with Crippen LogP contribution in [0.1, 0.15) is 60.2 Å². The van der Waals surface area contributed by atoms with Gasteiger partial charge in [-0.25, -0.2) is 0 Å². The molecule has 2 rings (SSSR count). The van der Waals surface area contributed by atoms with Gasteiger partial charge in [-0.15, -0.1) is 0 Å². The van der Waals surface area contributed by atoms with Gasteiger partial charge < -0.3 is 4.74 Å². The molecule has 0 aliphatic carbocycles. The van der Waals surface area contributed by atoms with Crippen LogP contribution in [0.5, 0.6) is 5.75 Å². The summed E-state index contributed by atoms with van der Waals surface area (Å²) in [6.07, 6.45) is 0.513. The van der Waals surface area contributed by atoms with Gasteiger partial charge >= 0.3 is 0 Å². The molecule has 3 heteroatoms. The third kappa shape index (κ3) is 4.20. The molecule has 0 fully saturated rings. The van der Waals surface area contributed by atoms with Gasteiger partial charge in [-0.05, 0) is 35.2 Å². The highest BCUT2D eigenvalue weighted by molar-refractivity contribution is 5.95. The number of hydrogen-bond donors (Lipinski definition) is 0. The van der Waals surface area contributed by atoms with Crippen molar-refractivity contribution in [2.45, 2.75) is 39.7 Å². The summed E-state index contributed by atoms with van der Waals surface area (Å²) in [4.78, 5) is 11.6. The number of Topliss-reactive ketones (excluding diaryl/α,β-unsaturated/α-hetero) is 1. The van der Waals surface area contributed by atoms with E-state index >= 15 is 0 Å². The molecule has 0 amide bonds. The average molecular weight is 307 g/mol. The number of carbonyl (C=O) groups is 1. The molecule has 2 aromatic carbocycles. The van der Waals surface area contributed by atoms with E-state index in [9.17, 15) is 4.79 Å². The molecule has 0 radical (unpaired) electrons. The summed E-state index contributed by atoms with van der Waals surface area (Å²) < 4.78 is 5.92. The van der Waals surface area contributed by atoms with Gasteiger partial charge in [-0.1, -0.05) is 45.0 Å². The molecule has 0 saturated carbocycles. The van der Waals surface area contributed by atoms with Crippen molar-refractivity contribution < 1.29 is 9.53 Å². The number of ether oxygens (including phenoxy) is 1. The Balaban J connectivity index is 2.12. The van der Waals surface area contributed by atoms with Crippen molar-refractivity contribution in [2.75, 3.05) is 0 Å². The lowest BCUT2D eigenvalue weighted by Gasteiger charge is -2.14. The van der Waals surface area contributed by atoms with Gasteiger partial charge in [0.1, 0.15) is 12.4 Å². The molecular weight excluding hydrogens is 286 g/mol. The largest absolute Gasteiger partial charge is 0.489 e. The van der Waals surface area contributed by atoms with Crippen molar-refractivity contribution in [3.63, 3.8) is 0 Å². The van der Waals surface area contributed by atoms with E-state index in [1.807, 2.05) is 43.3 Å². The van der Waals surface area contributed by atoms with Crippen molar-refractivity contribution in [1.29, 1.82) is 5.26 Å². The van der Waals surface area contributed by atoms with E-state index in [0.717, 1.165) is 22.4 Å². The molecule has 0 aliphatic heterocycles. The highest BCUT2D eigenvalue weighted by atomic mass is 16.5. The Hall–Kier alpha value is -2.60. The summed E-state index contributed by atoms with van der Waals surface area (Å²) in [5, 5.41) is 9.02. The van der Waals surface area contributed by atoms with Gasteiger partial charge in [0.2, 0.25) is 0 Å². The first-order valence-corrected chi connectivity index (χ1v) is 7.84. The molecule has 3 nitrogen and oxygen atoms in total. The minimum Gasteiger partial charge on any atom is -0.489 e. The summed E-state index contributed by atoms with van der Waals surface area (Å²) in [5.41, 5.74) is 3.42. The maximum absolute atomic E-state index is 11.6. The van der Waals surface area contributed by atoms with Crippen LogP contribution in [0.4, 0.5) is 0 Å². The maximum Gasteiger partial charge on any atom is 0.162 e. The van der Waals surface area contributed by atoms with Crippen molar-refractivity contribution in [2.24, 2.45) is 0 Å². The van der Waals surface area contributed by atoms with Crippen LogP contribution in [-0.2, 0) is 6.61 Å². The fourth-order valence-electron chi connectivity index (χ4n) is 2.35. The number of nitrogens with zero attached hydrogens (tertiary/aromatic N) is 1.